The van der Waals surface area contributed by atoms with E-state index in [1.807, 2.05) is 32.9 Å². The molecule has 94 valence electrons. The summed E-state index contributed by atoms with van der Waals surface area (Å²) < 4.78 is 0. The monoisotopic (exact) mass is 276 g/mol. The van der Waals surface area contributed by atoms with E-state index in [2.05, 4.69) is 10.3 Å². The van der Waals surface area contributed by atoms with Gasteiger partial charge in [0.2, 0.25) is 5.91 Å². The first-order valence-electron chi connectivity index (χ1n) is 5.71. The van der Waals surface area contributed by atoms with Crippen LogP contribution >= 0.6 is 0 Å². The molecule has 0 saturated heterocycles. The summed E-state index contributed by atoms with van der Waals surface area (Å²) in [5.41, 5.74) is -1.09. The van der Waals surface area contributed by atoms with Gasteiger partial charge in [-0.05, 0) is 24.4 Å². The largest absolute Gasteiger partial charge is 1.00 e. The summed E-state index contributed by atoms with van der Waals surface area (Å²) in [5.74, 6) is -0.813. The van der Waals surface area contributed by atoms with Gasteiger partial charge in [0.05, 0.1) is 0 Å². The van der Waals surface area contributed by atoms with Gasteiger partial charge in [-0.3, -0.25) is 9.59 Å². The Hall–Kier alpha value is -0.230. The van der Waals surface area contributed by atoms with E-state index in [1.54, 1.807) is 0 Å². The van der Waals surface area contributed by atoms with Crippen molar-refractivity contribution in [2.24, 2.45) is 16.3 Å². The topological polar surface area (TPSA) is 58.5 Å². The number of rotatable bonds is 4. The van der Waals surface area contributed by atoms with Crippen molar-refractivity contribution in [2.75, 3.05) is 0 Å². The number of hydrogen-bond acceptors (Lipinski definition) is 3. The Bertz CT molecular complexity index is 396. The summed E-state index contributed by atoms with van der Waals surface area (Å²) >= 11 is 4.76. The van der Waals surface area contributed by atoms with Crippen molar-refractivity contribution in [2.45, 2.75) is 33.6 Å². The molecule has 1 N–H and O–H groups in total. The first-order chi connectivity index (χ1) is 7.98. The zero-order valence-electron chi connectivity index (χ0n) is 11.3. The minimum atomic E-state index is -1.09. The molecule has 1 heterocycles. The fraction of sp³-hybridized carbons (Fsp3) is 0.583. The molecule has 0 aromatic rings. The van der Waals surface area contributed by atoms with Crippen LogP contribution in [0.5, 0.6) is 0 Å². The average molecular weight is 276 g/mol. The number of amides is 2. The second kappa shape index (κ2) is 7.38. The van der Waals surface area contributed by atoms with E-state index in [4.69, 9.17) is 12.6 Å². The molecule has 2 atom stereocenters. The number of aliphatic imine (C=N–C) groups is 1. The van der Waals surface area contributed by atoms with Crippen LogP contribution in [0.4, 0.5) is 0 Å². The van der Waals surface area contributed by atoms with Crippen LogP contribution in [0.25, 0.3) is 0 Å². The van der Waals surface area contributed by atoms with Gasteiger partial charge in [0.1, 0.15) is 5.41 Å². The number of nitrogens with zero attached hydrogens (tertiary/aromatic N) is 1. The van der Waals surface area contributed by atoms with E-state index in [-0.39, 0.29) is 46.6 Å². The van der Waals surface area contributed by atoms with Crippen LogP contribution in [0.2, 0.25) is 0 Å². The zero-order chi connectivity index (χ0) is 13.1. The number of allylic oxidation sites excluding steroid dienone is 2. The Labute approximate surface area is 135 Å². The standard InChI is InChI=1S/C12H18N2O2S.Na/c1-4-6-7-12(8(3)5-2)9(15)13-11(17)14-10(12)16;/h4,6,8H,5,7H2,1-3H3,(H2,13,14,15,16,17);/q;+1/p-1/b6-4+;. The van der Waals surface area contributed by atoms with Crippen LogP contribution < -0.4 is 34.9 Å². The van der Waals surface area contributed by atoms with E-state index < -0.39 is 11.3 Å². The molecule has 0 aromatic carbocycles. The molecule has 0 radical (unpaired) electrons. The van der Waals surface area contributed by atoms with Gasteiger partial charge >= 0.3 is 29.6 Å². The second-order valence-electron chi connectivity index (χ2n) is 4.23. The third kappa shape index (κ3) is 3.20. The SMILES string of the molecule is C/C=C/CC1(C(C)CC)C(=O)N=C([S-])NC1=O.[Na+]. The van der Waals surface area contributed by atoms with Crippen molar-refractivity contribution >= 4 is 29.6 Å². The molecule has 1 aliphatic rings. The molecule has 0 spiro atoms. The van der Waals surface area contributed by atoms with Gasteiger partial charge in [-0.1, -0.05) is 32.4 Å². The molecule has 0 saturated carbocycles. The Morgan fingerprint density at radius 3 is 2.56 bits per heavy atom. The van der Waals surface area contributed by atoms with Crippen molar-refractivity contribution in [3.63, 3.8) is 0 Å². The van der Waals surface area contributed by atoms with Gasteiger partial charge in [0, 0.05) is 0 Å². The van der Waals surface area contributed by atoms with E-state index in [0.29, 0.717) is 6.42 Å². The van der Waals surface area contributed by atoms with Crippen LogP contribution in [-0.2, 0) is 22.2 Å². The molecule has 0 fully saturated rings. The van der Waals surface area contributed by atoms with Crippen molar-refractivity contribution in [3.8, 4) is 0 Å². The van der Waals surface area contributed by atoms with Crippen molar-refractivity contribution < 1.29 is 39.1 Å². The predicted octanol–water partition coefficient (Wildman–Crippen LogP) is -1.45. The maximum atomic E-state index is 12.1. The average Bonchev–Trinajstić information content (AvgIpc) is 2.27. The van der Waals surface area contributed by atoms with Crippen LogP contribution in [0.15, 0.2) is 17.1 Å². The fourth-order valence-electron chi connectivity index (χ4n) is 1.99. The van der Waals surface area contributed by atoms with E-state index >= 15 is 0 Å². The van der Waals surface area contributed by atoms with Crippen LogP contribution in [-0.4, -0.2) is 17.0 Å². The third-order valence-corrected chi connectivity index (χ3v) is 3.53. The molecule has 2 unspecified atom stereocenters. The quantitative estimate of drug-likeness (QED) is 0.296. The summed E-state index contributed by atoms with van der Waals surface area (Å²) in [4.78, 5) is 28.0. The number of carbonyl (C=O) groups excluding carboxylic acids is 2. The molecule has 1 rings (SSSR count). The first kappa shape index (κ1) is 17.8. The van der Waals surface area contributed by atoms with Crippen LogP contribution in [0.1, 0.15) is 33.6 Å². The molecular formula is C12H17N2NaO2S. The summed E-state index contributed by atoms with van der Waals surface area (Å²) in [5, 5.41) is 2.47. The second-order valence-corrected chi connectivity index (χ2v) is 4.62. The van der Waals surface area contributed by atoms with Crippen molar-refractivity contribution in [1.29, 1.82) is 0 Å². The zero-order valence-corrected chi connectivity index (χ0v) is 14.1. The molecule has 0 aliphatic carbocycles. The minimum absolute atomic E-state index is 0. The smallest absolute Gasteiger partial charge is 0.742 e. The first-order valence-corrected chi connectivity index (χ1v) is 6.12. The van der Waals surface area contributed by atoms with E-state index in [1.165, 1.54) is 0 Å². The molecule has 18 heavy (non-hydrogen) atoms. The minimum Gasteiger partial charge on any atom is -0.742 e. The van der Waals surface area contributed by atoms with Gasteiger partial charge in [-0.25, -0.2) is 4.99 Å². The molecule has 1 aliphatic heterocycles. The number of carbonyl (C=O) groups is 2. The molecular weight excluding hydrogens is 259 g/mol. The van der Waals surface area contributed by atoms with Gasteiger partial charge in [-0.2, -0.15) is 0 Å². The Balaban J connectivity index is 0.00000289. The number of amidine groups is 1. The Morgan fingerprint density at radius 1 is 1.50 bits per heavy atom. The molecule has 4 nitrogen and oxygen atoms in total. The van der Waals surface area contributed by atoms with Gasteiger partial charge in [0.25, 0.3) is 5.91 Å². The van der Waals surface area contributed by atoms with Gasteiger partial charge < -0.3 is 17.9 Å². The van der Waals surface area contributed by atoms with Gasteiger partial charge in [-0.15, -0.1) is 0 Å². The van der Waals surface area contributed by atoms with Crippen LogP contribution in [0, 0.1) is 11.3 Å². The molecule has 0 aromatic heterocycles. The maximum Gasteiger partial charge on any atom is 1.00 e. The summed E-state index contributed by atoms with van der Waals surface area (Å²) in [6, 6.07) is 0. The summed E-state index contributed by atoms with van der Waals surface area (Å²) in [6.45, 7) is 5.71. The molecule has 6 heteroatoms. The van der Waals surface area contributed by atoms with E-state index in [0.717, 1.165) is 6.42 Å². The Kier molecular flexibility index (Phi) is 7.29. The normalized spacial score (nSPS) is 25.4. The Morgan fingerprint density at radius 2 is 2.11 bits per heavy atom. The fourth-order valence-corrected chi connectivity index (χ4v) is 2.17. The predicted molar refractivity (Wildman–Crippen MR) is 69.3 cm³/mol. The molecule has 0 bridgehead atoms. The third-order valence-electron chi connectivity index (χ3n) is 3.34. The van der Waals surface area contributed by atoms with Crippen molar-refractivity contribution in [3.05, 3.63) is 12.2 Å². The van der Waals surface area contributed by atoms with Crippen molar-refractivity contribution in [1.82, 2.24) is 5.32 Å². The maximum absolute atomic E-state index is 12.1. The van der Waals surface area contributed by atoms with Gasteiger partial charge in [0.15, 0.2) is 0 Å². The summed E-state index contributed by atoms with van der Waals surface area (Å²) in [7, 11) is 0. The van der Waals surface area contributed by atoms with E-state index in [9.17, 15) is 9.59 Å². The van der Waals surface area contributed by atoms with Crippen LogP contribution in [0.3, 0.4) is 0 Å². The number of hydrogen-bond donors (Lipinski definition) is 1. The number of nitrogens with one attached hydrogen (secondary N) is 1. The molecule has 2 amide bonds. The summed E-state index contributed by atoms with van der Waals surface area (Å²) in [6.07, 6.45) is 4.76.